The second-order valence-electron chi connectivity index (χ2n) is 4.69. The summed E-state index contributed by atoms with van der Waals surface area (Å²) in [5.74, 6) is -0.444. The quantitative estimate of drug-likeness (QED) is 0.455. The first-order valence-electron chi connectivity index (χ1n) is 6.81. The van der Waals surface area contributed by atoms with Crippen LogP contribution in [0.4, 0.5) is 0 Å². The summed E-state index contributed by atoms with van der Waals surface area (Å²) in [7, 11) is 0. The number of ether oxygens (including phenoxy) is 1. The van der Waals surface area contributed by atoms with E-state index in [1.165, 1.54) is 6.92 Å². The highest BCUT2D eigenvalue weighted by Crippen LogP contribution is 2.33. The summed E-state index contributed by atoms with van der Waals surface area (Å²) in [4.78, 5) is 11.8. The Hall–Kier alpha value is -0.660. The summed E-state index contributed by atoms with van der Waals surface area (Å²) in [5.41, 5.74) is 0.703. The molecular formula is C15H21IO4. The van der Waals surface area contributed by atoms with Gasteiger partial charge in [-0.25, -0.2) is 0 Å². The molecule has 1 aromatic carbocycles. The molecule has 1 saturated carbocycles. The number of rotatable bonds is 6. The molecule has 0 heterocycles. The lowest BCUT2D eigenvalue weighted by atomic mass is 10.1. The fraction of sp³-hybridized carbons (Fsp3) is 0.533. The molecule has 0 aliphatic heterocycles. The number of halogens is 1. The molecule has 112 valence electrons. The van der Waals surface area contributed by atoms with Crippen molar-refractivity contribution >= 4 is 28.8 Å². The molecule has 1 unspecified atom stereocenters. The highest BCUT2D eigenvalue weighted by atomic mass is 127. The molecule has 20 heavy (non-hydrogen) atoms. The van der Waals surface area contributed by atoms with Crippen LogP contribution in [0, 0.1) is 5.92 Å². The predicted molar refractivity (Wildman–Crippen MR) is 86.1 cm³/mol. The van der Waals surface area contributed by atoms with Gasteiger partial charge in [-0.1, -0.05) is 13.8 Å². The van der Waals surface area contributed by atoms with Crippen LogP contribution in [0.1, 0.15) is 44.0 Å². The van der Waals surface area contributed by atoms with Crippen molar-refractivity contribution in [2.24, 2.45) is 5.92 Å². The lowest BCUT2D eigenvalue weighted by molar-refractivity contribution is -0.138. The third kappa shape index (κ3) is 5.38. The number of aliphatic hydroxyl groups is 1. The smallest absolute Gasteiger partial charge is 0.229 e. The Kier molecular flexibility index (Phi) is 6.91. The van der Waals surface area contributed by atoms with Crippen molar-refractivity contribution in [1.29, 1.82) is 0 Å². The van der Waals surface area contributed by atoms with E-state index in [4.69, 9.17) is 7.80 Å². The molecule has 1 aromatic rings. The van der Waals surface area contributed by atoms with E-state index < -0.39 is 5.79 Å². The van der Waals surface area contributed by atoms with Gasteiger partial charge in [-0.15, -0.1) is 0 Å². The van der Waals surface area contributed by atoms with Crippen LogP contribution < -0.4 is 4.74 Å². The zero-order valence-electron chi connectivity index (χ0n) is 12.1. The van der Waals surface area contributed by atoms with Crippen molar-refractivity contribution in [1.82, 2.24) is 0 Å². The van der Waals surface area contributed by atoms with Crippen LogP contribution in [0.25, 0.3) is 0 Å². The van der Waals surface area contributed by atoms with Crippen LogP contribution in [0.5, 0.6) is 5.75 Å². The molecule has 0 radical (unpaired) electrons. The van der Waals surface area contributed by atoms with Gasteiger partial charge in [0.25, 0.3) is 0 Å². The zero-order chi connectivity index (χ0) is 15.2. The number of benzene rings is 1. The van der Waals surface area contributed by atoms with E-state index in [9.17, 15) is 9.90 Å². The Labute approximate surface area is 134 Å². The van der Waals surface area contributed by atoms with E-state index in [1.54, 1.807) is 47.3 Å². The van der Waals surface area contributed by atoms with Crippen molar-refractivity contribution in [3.05, 3.63) is 29.8 Å². The maximum Gasteiger partial charge on any atom is 0.229 e. The molecule has 1 aliphatic carbocycles. The first-order valence-corrected chi connectivity index (χ1v) is 7.69. The topological polar surface area (TPSA) is 55.8 Å². The predicted octanol–water partition coefficient (Wildman–Crippen LogP) is 3.76. The standard InChI is InChI=1S/C13H15IO4.C2H6/c1-13(16,8-17-14)18-11-6-4-10(5-7-11)12(15)9-2-3-9;1-2/h4-7,9,16H,2-3,8H2,1H3;1-2H3. The summed E-state index contributed by atoms with van der Waals surface area (Å²) in [5, 5.41) is 9.83. The molecule has 1 atom stereocenters. The second-order valence-corrected chi connectivity index (χ2v) is 5.32. The fourth-order valence-electron chi connectivity index (χ4n) is 1.65. The van der Waals surface area contributed by atoms with Crippen LogP contribution in [0.15, 0.2) is 24.3 Å². The fourth-order valence-corrected chi connectivity index (χ4v) is 2.23. The Bertz CT molecular complexity index is 424. The molecule has 0 amide bonds. The van der Waals surface area contributed by atoms with Crippen molar-refractivity contribution in [3.63, 3.8) is 0 Å². The number of Topliss-reactive ketones (excluding diaryl/α,β-unsaturated/α-hetero) is 1. The largest absolute Gasteiger partial charge is 0.460 e. The highest BCUT2D eigenvalue weighted by molar-refractivity contribution is 14.1. The third-order valence-corrected chi connectivity index (χ3v) is 3.06. The van der Waals surface area contributed by atoms with Gasteiger partial charge in [-0.3, -0.25) is 4.79 Å². The Morgan fingerprint density at radius 3 is 2.35 bits per heavy atom. The van der Waals surface area contributed by atoms with Crippen molar-refractivity contribution in [2.45, 2.75) is 39.4 Å². The molecule has 4 nitrogen and oxygen atoms in total. The molecule has 0 aromatic heterocycles. The Morgan fingerprint density at radius 2 is 1.90 bits per heavy atom. The van der Waals surface area contributed by atoms with Crippen molar-refractivity contribution in [2.75, 3.05) is 6.61 Å². The minimum absolute atomic E-state index is 0.0658. The summed E-state index contributed by atoms with van der Waals surface area (Å²) in [6.07, 6.45) is 2.00. The second kappa shape index (κ2) is 7.95. The summed E-state index contributed by atoms with van der Waals surface area (Å²) >= 11 is 1.70. The summed E-state index contributed by atoms with van der Waals surface area (Å²) < 4.78 is 10.2. The number of ketones is 1. The van der Waals surface area contributed by atoms with Gasteiger partial charge in [0.1, 0.15) is 35.4 Å². The molecule has 5 heteroatoms. The molecule has 0 spiro atoms. The van der Waals surface area contributed by atoms with Gasteiger partial charge < -0.3 is 12.9 Å². The third-order valence-electron chi connectivity index (χ3n) is 2.75. The monoisotopic (exact) mass is 392 g/mol. The van der Waals surface area contributed by atoms with Crippen LogP contribution in [-0.2, 0) is 3.07 Å². The molecule has 1 N–H and O–H groups in total. The van der Waals surface area contributed by atoms with Gasteiger partial charge in [0.15, 0.2) is 5.78 Å². The minimum Gasteiger partial charge on any atom is -0.460 e. The number of carbonyl (C=O) groups is 1. The Balaban J connectivity index is 0.000000956. The summed E-state index contributed by atoms with van der Waals surface area (Å²) in [6, 6.07) is 6.85. The van der Waals surface area contributed by atoms with Gasteiger partial charge in [-0.2, -0.15) is 0 Å². The number of hydrogen-bond acceptors (Lipinski definition) is 4. The summed E-state index contributed by atoms with van der Waals surface area (Å²) in [6.45, 7) is 5.59. The van der Waals surface area contributed by atoms with E-state index in [0.717, 1.165) is 12.8 Å². The van der Waals surface area contributed by atoms with Crippen molar-refractivity contribution in [3.8, 4) is 5.75 Å². The van der Waals surface area contributed by atoms with E-state index in [1.807, 2.05) is 13.8 Å². The average molecular weight is 392 g/mol. The molecule has 0 saturated heterocycles. The van der Waals surface area contributed by atoms with E-state index in [-0.39, 0.29) is 18.3 Å². The Morgan fingerprint density at radius 1 is 1.35 bits per heavy atom. The van der Waals surface area contributed by atoms with Crippen LogP contribution in [-0.4, -0.2) is 23.3 Å². The van der Waals surface area contributed by atoms with Gasteiger partial charge >= 0.3 is 0 Å². The lowest BCUT2D eigenvalue weighted by Gasteiger charge is -2.23. The maximum atomic E-state index is 11.8. The van der Waals surface area contributed by atoms with E-state index >= 15 is 0 Å². The zero-order valence-corrected chi connectivity index (χ0v) is 14.2. The first kappa shape index (κ1) is 17.4. The van der Waals surface area contributed by atoms with Gasteiger partial charge in [-0.05, 0) is 37.1 Å². The number of hydrogen-bond donors (Lipinski definition) is 1. The van der Waals surface area contributed by atoms with E-state index in [0.29, 0.717) is 11.3 Å². The highest BCUT2D eigenvalue weighted by Gasteiger charge is 2.30. The molecule has 1 aliphatic rings. The SMILES string of the molecule is CC.CC(O)(COI)Oc1ccc(C(=O)C2CC2)cc1. The van der Waals surface area contributed by atoms with Gasteiger partial charge in [0.05, 0.1) is 0 Å². The normalized spacial score (nSPS) is 16.6. The molecule has 1 fully saturated rings. The molecular weight excluding hydrogens is 371 g/mol. The van der Waals surface area contributed by atoms with Crippen LogP contribution >= 0.6 is 23.0 Å². The number of carbonyl (C=O) groups excluding carboxylic acids is 1. The maximum absolute atomic E-state index is 11.8. The van der Waals surface area contributed by atoms with Gasteiger partial charge in [0.2, 0.25) is 5.79 Å². The molecule has 0 bridgehead atoms. The van der Waals surface area contributed by atoms with E-state index in [2.05, 4.69) is 0 Å². The lowest BCUT2D eigenvalue weighted by Crippen LogP contribution is -2.36. The average Bonchev–Trinajstić information content (AvgIpc) is 3.25. The van der Waals surface area contributed by atoms with Crippen LogP contribution in [0.3, 0.4) is 0 Å². The minimum atomic E-state index is -1.37. The first-order chi connectivity index (χ1) is 9.52. The molecule has 2 rings (SSSR count). The van der Waals surface area contributed by atoms with Crippen LogP contribution in [0.2, 0.25) is 0 Å². The van der Waals surface area contributed by atoms with Crippen molar-refractivity contribution < 1.29 is 17.7 Å². The van der Waals surface area contributed by atoms with Gasteiger partial charge in [0, 0.05) is 18.4 Å².